The van der Waals surface area contributed by atoms with Crippen molar-refractivity contribution in [2.24, 2.45) is 0 Å². The van der Waals surface area contributed by atoms with Crippen LogP contribution in [0.2, 0.25) is 0 Å². The lowest BCUT2D eigenvalue weighted by molar-refractivity contribution is 0.170. The van der Waals surface area contributed by atoms with Crippen molar-refractivity contribution >= 4 is 0 Å². The lowest BCUT2D eigenvalue weighted by atomic mass is 10.0. The number of rotatable bonds is 4. The van der Waals surface area contributed by atoms with Gasteiger partial charge in [0.25, 0.3) is 0 Å². The molecule has 2 aromatic rings. The molecule has 4 nitrogen and oxygen atoms in total. The molecule has 0 saturated carbocycles. The van der Waals surface area contributed by atoms with E-state index in [4.69, 9.17) is 14.2 Å². The van der Waals surface area contributed by atoms with Crippen LogP contribution in [0.4, 0.5) is 0 Å². The van der Waals surface area contributed by atoms with Gasteiger partial charge in [0.05, 0.1) is 7.11 Å². The Balaban J connectivity index is 1.54. The molecule has 0 aromatic heterocycles. The van der Waals surface area contributed by atoms with E-state index in [0.717, 1.165) is 30.3 Å². The number of benzene rings is 2. The van der Waals surface area contributed by atoms with Crippen molar-refractivity contribution in [1.82, 2.24) is 4.90 Å². The third kappa shape index (κ3) is 3.06. The van der Waals surface area contributed by atoms with Crippen molar-refractivity contribution in [3.63, 3.8) is 0 Å². The quantitative estimate of drug-likeness (QED) is 0.855. The van der Waals surface area contributed by atoms with E-state index in [2.05, 4.69) is 35.2 Å². The van der Waals surface area contributed by atoms with Gasteiger partial charge in [-0.05, 0) is 54.8 Å². The summed E-state index contributed by atoms with van der Waals surface area (Å²) in [4.78, 5) is 2.54. The summed E-state index contributed by atoms with van der Waals surface area (Å²) in [6, 6.07) is 15.2. The second-order valence-corrected chi connectivity index (χ2v) is 6.38. The summed E-state index contributed by atoms with van der Waals surface area (Å²) in [5.41, 5.74) is 2.61. The average molecular weight is 325 g/mol. The Morgan fingerprint density at radius 2 is 1.96 bits per heavy atom. The van der Waals surface area contributed by atoms with Crippen LogP contribution in [0, 0.1) is 0 Å². The van der Waals surface area contributed by atoms with E-state index in [1.165, 1.54) is 24.0 Å². The topological polar surface area (TPSA) is 30.9 Å². The second kappa shape index (κ2) is 6.73. The third-order valence-electron chi connectivity index (χ3n) is 4.83. The van der Waals surface area contributed by atoms with Crippen LogP contribution in [-0.4, -0.2) is 31.8 Å². The maximum atomic E-state index is 5.75. The Labute approximate surface area is 142 Å². The molecule has 0 spiro atoms. The highest BCUT2D eigenvalue weighted by atomic mass is 16.6. The normalized spacial score (nSPS) is 20.1. The first-order valence-corrected chi connectivity index (χ1v) is 8.60. The molecule has 4 heteroatoms. The fourth-order valence-corrected chi connectivity index (χ4v) is 3.67. The fourth-order valence-electron chi connectivity index (χ4n) is 3.67. The standard InChI is InChI=1S/C20H23NO3/c1-22-17-5-2-4-15(12-17)14-21-9-3-6-18(21)16-7-8-19-20(13-16)24-11-10-23-19/h2,4-5,7-8,12-13,18H,3,6,9-11,14H2,1H3. The van der Waals surface area contributed by atoms with Crippen LogP contribution in [0.5, 0.6) is 17.2 Å². The van der Waals surface area contributed by atoms with Gasteiger partial charge in [-0.2, -0.15) is 0 Å². The highest BCUT2D eigenvalue weighted by Gasteiger charge is 2.27. The first kappa shape index (κ1) is 15.3. The van der Waals surface area contributed by atoms with Gasteiger partial charge in [0.2, 0.25) is 0 Å². The molecule has 1 unspecified atom stereocenters. The van der Waals surface area contributed by atoms with E-state index in [0.29, 0.717) is 19.3 Å². The Morgan fingerprint density at radius 1 is 1.08 bits per heavy atom. The lowest BCUT2D eigenvalue weighted by Crippen LogP contribution is -2.23. The molecule has 1 saturated heterocycles. The van der Waals surface area contributed by atoms with Crippen LogP contribution < -0.4 is 14.2 Å². The van der Waals surface area contributed by atoms with Crippen LogP contribution in [-0.2, 0) is 6.54 Å². The molecular formula is C20H23NO3. The van der Waals surface area contributed by atoms with Gasteiger partial charge < -0.3 is 14.2 Å². The minimum absolute atomic E-state index is 0.437. The first-order chi connectivity index (χ1) is 11.8. The minimum Gasteiger partial charge on any atom is -0.497 e. The lowest BCUT2D eigenvalue weighted by Gasteiger charge is -2.26. The highest BCUT2D eigenvalue weighted by molar-refractivity contribution is 5.45. The smallest absolute Gasteiger partial charge is 0.161 e. The van der Waals surface area contributed by atoms with Gasteiger partial charge in [-0.3, -0.25) is 4.90 Å². The third-order valence-corrected chi connectivity index (χ3v) is 4.83. The van der Waals surface area contributed by atoms with Gasteiger partial charge >= 0.3 is 0 Å². The monoisotopic (exact) mass is 325 g/mol. The molecule has 126 valence electrons. The number of fused-ring (bicyclic) bond motifs is 1. The van der Waals surface area contributed by atoms with Crippen LogP contribution in [0.3, 0.4) is 0 Å². The van der Waals surface area contributed by atoms with Gasteiger partial charge in [-0.25, -0.2) is 0 Å². The van der Waals surface area contributed by atoms with Crippen LogP contribution in [0.25, 0.3) is 0 Å². The number of hydrogen-bond acceptors (Lipinski definition) is 4. The van der Waals surface area contributed by atoms with E-state index in [1.54, 1.807) is 7.11 Å². The zero-order chi connectivity index (χ0) is 16.4. The Bertz CT molecular complexity index is 716. The van der Waals surface area contributed by atoms with Crippen LogP contribution in [0.15, 0.2) is 42.5 Å². The summed E-state index contributed by atoms with van der Waals surface area (Å²) < 4.78 is 16.7. The molecule has 2 aliphatic rings. The SMILES string of the molecule is COc1cccc(CN2CCCC2c2ccc3c(c2)OCCO3)c1. The summed E-state index contributed by atoms with van der Waals surface area (Å²) >= 11 is 0. The zero-order valence-electron chi connectivity index (χ0n) is 14.0. The maximum Gasteiger partial charge on any atom is 0.161 e. The highest BCUT2D eigenvalue weighted by Crippen LogP contribution is 2.38. The predicted molar refractivity (Wildman–Crippen MR) is 92.8 cm³/mol. The summed E-state index contributed by atoms with van der Waals surface area (Å²) in [5.74, 6) is 2.66. The van der Waals surface area contributed by atoms with Crippen molar-refractivity contribution < 1.29 is 14.2 Å². The van der Waals surface area contributed by atoms with Crippen molar-refractivity contribution in [3.05, 3.63) is 53.6 Å². The van der Waals surface area contributed by atoms with Crippen molar-refractivity contribution in [3.8, 4) is 17.2 Å². The molecule has 0 amide bonds. The molecule has 1 fully saturated rings. The Hall–Kier alpha value is -2.20. The zero-order valence-corrected chi connectivity index (χ0v) is 14.0. The van der Waals surface area contributed by atoms with Gasteiger partial charge in [0.15, 0.2) is 11.5 Å². The van der Waals surface area contributed by atoms with Gasteiger partial charge in [-0.15, -0.1) is 0 Å². The fraction of sp³-hybridized carbons (Fsp3) is 0.400. The van der Waals surface area contributed by atoms with Crippen molar-refractivity contribution in [1.29, 1.82) is 0 Å². The second-order valence-electron chi connectivity index (χ2n) is 6.38. The number of ether oxygens (including phenoxy) is 3. The number of nitrogens with zero attached hydrogens (tertiary/aromatic N) is 1. The molecule has 2 aliphatic heterocycles. The van der Waals surface area contributed by atoms with E-state index < -0.39 is 0 Å². The van der Waals surface area contributed by atoms with E-state index in [1.807, 2.05) is 12.1 Å². The Kier molecular flexibility index (Phi) is 4.30. The summed E-state index contributed by atoms with van der Waals surface area (Å²) in [7, 11) is 1.72. The molecular weight excluding hydrogens is 302 g/mol. The molecule has 2 heterocycles. The molecule has 0 radical (unpaired) electrons. The Morgan fingerprint density at radius 3 is 2.83 bits per heavy atom. The molecule has 4 rings (SSSR count). The molecule has 0 N–H and O–H groups in total. The molecule has 0 bridgehead atoms. The molecule has 2 aromatic carbocycles. The van der Waals surface area contributed by atoms with Gasteiger partial charge in [-0.1, -0.05) is 18.2 Å². The molecule has 1 atom stereocenters. The van der Waals surface area contributed by atoms with Crippen LogP contribution in [0.1, 0.15) is 30.0 Å². The van der Waals surface area contributed by atoms with Crippen molar-refractivity contribution in [2.45, 2.75) is 25.4 Å². The average Bonchev–Trinajstić information content (AvgIpc) is 3.09. The largest absolute Gasteiger partial charge is 0.497 e. The number of likely N-dealkylation sites (tertiary alicyclic amines) is 1. The molecule has 0 aliphatic carbocycles. The number of methoxy groups -OCH3 is 1. The van der Waals surface area contributed by atoms with E-state index in [9.17, 15) is 0 Å². The summed E-state index contributed by atoms with van der Waals surface area (Å²) in [6.07, 6.45) is 2.41. The molecule has 24 heavy (non-hydrogen) atoms. The van der Waals surface area contributed by atoms with Crippen LogP contribution >= 0.6 is 0 Å². The summed E-state index contributed by atoms with van der Waals surface area (Å²) in [6.45, 7) is 3.33. The predicted octanol–water partition coefficient (Wildman–Crippen LogP) is 3.80. The first-order valence-electron chi connectivity index (χ1n) is 8.60. The van der Waals surface area contributed by atoms with E-state index >= 15 is 0 Å². The summed E-state index contributed by atoms with van der Waals surface area (Å²) in [5, 5.41) is 0. The van der Waals surface area contributed by atoms with Gasteiger partial charge in [0, 0.05) is 12.6 Å². The minimum atomic E-state index is 0.437. The van der Waals surface area contributed by atoms with Gasteiger partial charge in [0.1, 0.15) is 19.0 Å². The van der Waals surface area contributed by atoms with E-state index in [-0.39, 0.29) is 0 Å². The number of hydrogen-bond donors (Lipinski definition) is 0. The van der Waals surface area contributed by atoms with Crippen molar-refractivity contribution in [2.75, 3.05) is 26.9 Å². The maximum absolute atomic E-state index is 5.75.